The number of carbonyl (C=O) groups is 2. The molecule has 0 aromatic heterocycles. The molecular weight excluding hydrogens is 430 g/mol. The van der Waals surface area contributed by atoms with Crippen LogP contribution < -0.4 is 15.4 Å². The van der Waals surface area contributed by atoms with Crippen LogP contribution in [0.25, 0.3) is 0 Å². The first-order valence-electron chi connectivity index (χ1n) is 10.7. The smallest absolute Gasteiger partial charge is 0.309 e. The average molecular weight is 460 g/mol. The van der Waals surface area contributed by atoms with Crippen LogP contribution >= 0.6 is 0 Å². The van der Waals surface area contributed by atoms with Gasteiger partial charge in [0.05, 0.1) is 12.0 Å². The summed E-state index contributed by atoms with van der Waals surface area (Å²) in [6.45, 7) is 0.903. The highest BCUT2D eigenvalue weighted by molar-refractivity contribution is 7.89. The molecule has 32 heavy (non-hydrogen) atoms. The molecule has 2 amide bonds. The van der Waals surface area contributed by atoms with E-state index >= 15 is 0 Å². The van der Waals surface area contributed by atoms with Gasteiger partial charge < -0.3 is 15.4 Å². The number of hydrogen-bond acceptors (Lipinski definition) is 5. The molecule has 0 bridgehead atoms. The topological polar surface area (TPSA) is 105 Å². The van der Waals surface area contributed by atoms with E-state index in [4.69, 9.17) is 4.74 Å². The molecular formula is C23H29N3O5S. The van der Waals surface area contributed by atoms with E-state index in [1.807, 2.05) is 12.1 Å². The van der Waals surface area contributed by atoms with E-state index in [0.717, 1.165) is 24.8 Å². The first-order chi connectivity index (χ1) is 15.4. The van der Waals surface area contributed by atoms with Gasteiger partial charge in [0.2, 0.25) is 10.0 Å². The summed E-state index contributed by atoms with van der Waals surface area (Å²) >= 11 is 0. The van der Waals surface area contributed by atoms with Crippen LogP contribution in [0.1, 0.15) is 31.2 Å². The fourth-order valence-electron chi connectivity index (χ4n) is 3.75. The summed E-state index contributed by atoms with van der Waals surface area (Å²) in [5, 5.41) is 5.18. The Bertz CT molecular complexity index is 1010. The minimum absolute atomic E-state index is 0.211. The average Bonchev–Trinajstić information content (AvgIpc) is 2.83. The first-order valence-corrected chi connectivity index (χ1v) is 12.1. The van der Waals surface area contributed by atoms with Crippen LogP contribution in [0.15, 0.2) is 59.5 Å². The van der Waals surface area contributed by atoms with Crippen molar-refractivity contribution in [1.29, 1.82) is 0 Å². The number of piperidine rings is 1. The van der Waals surface area contributed by atoms with Crippen molar-refractivity contribution in [3.05, 3.63) is 60.2 Å². The summed E-state index contributed by atoms with van der Waals surface area (Å²) in [4.78, 5) is 24.5. The Morgan fingerprint density at radius 2 is 1.69 bits per heavy atom. The van der Waals surface area contributed by atoms with E-state index in [1.54, 1.807) is 49.6 Å². The molecule has 2 N–H and O–H groups in total. The Labute approximate surface area is 189 Å². The van der Waals surface area contributed by atoms with E-state index in [-0.39, 0.29) is 24.0 Å². The summed E-state index contributed by atoms with van der Waals surface area (Å²) in [6, 6.07) is 15.3. The highest BCUT2D eigenvalue weighted by Crippen LogP contribution is 2.26. The third-order valence-electron chi connectivity index (χ3n) is 5.50. The van der Waals surface area contributed by atoms with Gasteiger partial charge >= 0.3 is 11.8 Å². The Morgan fingerprint density at radius 3 is 2.38 bits per heavy atom. The summed E-state index contributed by atoms with van der Waals surface area (Å²) in [6.07, 6.45) is 2.92. The Morgan fingerprint density at radius 1 is 1.00 bits per heavy atom. The Kier molecular flexibility index (Phi) is 8.24. The molecule has 1 aliphatic heterocycles. The molecule has 2 aromatic rings. The van der Waals surface area contributed by atoms with Gasteiger partial charge in [-0.15, -0.1) is 0 Å². The standard InChI is InChI=1S/C23H29N3O5S/c1-31-20-12-10-18(11-13-20)17-25-23(28)22(27)24-15-14-19-7-5-6-16-26(19)32(29,30)21-8-3-2-4-9-21/h2-4,8-13,19H,5-7,14-17H2,1H3,(H,24,27)(H,25,28)/t19-/m1/s1. The van der Waals surface area contributed by atoms with Gasteiger partial charge in [-0.3, -0.25) is 9.59 Å². The van der Waals surface area contributed by atoms with Crippen molar-refractivity contribution in [1.82, 2.24) is 14.9 Å². The second-order valence-corrected chi connectivity index (χ2v) is 9.54. The number of methoxy groups -OCH3 is 1. The second kappa shape index (κ2) is 11.1. The lowest BCUT2D eigenvalue weighted by Crippen LogP contribution is -2.46. The highest BCUT2D eigenvalue weighted by Gasteiger charge is 2.33. The quantitative estimate of drug-likeness (QED) is 0.588. The fraction of sp³-hybridized carbons (Fsp3) is 0.391. The van der Waals surface area contributed by atoms with Gasteiger partial charge in [0.1, 0.15) is 5.75 Å². The number of carbonyl (C=O) groups excluding carboxylic acids is 2. The van der Waals surface area contributed by atoms with Gasteiger partial charge in [-0.2, -0.15) is 4.31 Å². The number of sulfonamides is 1. The number of rotatable bonds is 8. The largest absolute Gasteiger partial charge is 0.497 e. The number of hydrogen-bond donors (Lipinski definition) is 2. The summed E-state index contributed by atoms with van der Waals surface area (Å²) in [5.74, 6) is -0.742. The van der Waals surface area contributed by atoms with Gasteiger partial charge in [0, 0.05) is 25.7 Å². The highest BCUT2D eigenvalue weighted by atomic mass is 32.2. The lowest BCUT2D eigenvalue weighted by molar-refractivity contribution is -0.139. The maximum Gasteiger partial charge on any atom is 0.309 e. The number of nitrogens with one attached hydrogen (secondary N) is 2. The maximum atomic E-state index is 13.0. The number of amides is 2. The molecule has 1 aliphatic rings. The third kappa shape index (κ3) is 6.08. The van der Waals surface area contributed by atoms with Crippen molar-refractivity contribution in [2.45, 2.75) is 43.2 Å². The van der Waals surface area contributed by atoms with Crippen LogP contribution in [0, 0.1) is 0 Å². The van der Waals surface area contributed by atoms with Crippen LogP contribution in [-0.2, 0) is 26.2 Å². The van der Waals surface area contributed by atoms with Gasteiger partial charge in [0.15, 0.2) is 0 Å². The molecule has 0 saturated carbocycles. The van der Waals surface area contributed by atoms with Crippen molar-refractivity contribution >= 4 is 21.8 Å². The van der Waals surface area contributed by atoms with Gasteiger partial charge in [-0.25, -0.2) is 8.42 Å². The number of benzene rings is 2. The molecule has 0 spiro atoms. The van der Waals surface area contributed by atoms with Crippen LogP contribution in [0.5, 0.6) is 5.75 Å². The number of nitrogens with zero attached hydrogens (tertiary/aromatic N) is 1. The van der Waals surface area contributed by atoms with E-state index in [1.165, 1.54) is 4.31 Å². The van der Waals surface area contributed by atoms with E-state index in [0.29, 0.717) is 18.7 Å². The van der Waals surface area contributed by atoms with E-state index in [9.17, 15) is 18.0 Å². The molecule has 0 radical (unpaired) electrons. The Balaban J connectivity index is 1.49. The van der Waals surface area contributed by atoms with Crippen LogP contribution in [-0.4, -0.2) is 50.8 Å². The fourth-order valence-corrected chi connectivity index (χ4v) is 5.49. The third-order valence-corrected chi connectivity index (χ3v) is 7.47. The molecule has 3 rings (SSSR count). The maximum absolute atomic E-state index is 13.0. The molecule has 172 valence electrons. The Hall–Kier alpha value is -2.91. The minimum Gasteiger partial charge on any atom is -0.497 e. The van der Waals surface area contributed by atoms with Crippen molar-refractivity contribution < 1.29 is 22.7 Å². The van der Waals surface area contributed by atoms with Crippen molar-refractivity contribution in [3.8, 4) is 5.75 Å². The molecule has 0 aliphatic carbocycles. The molecule has 8 nitrogen and oxygen atoms in total. The van der Waals surface area contributed by atoms with Gasteiger partial charge in [0.25, 0.3) is 0 Å². The molecule has 9 heteroatoms. The molecule has 1 heterocycles. The normalized spacial score (nSPS) is 16.8. The summed E-state index contributed by atoms with van der Waals surface area (Å²) < 4.78 is 32.7. The lowest BCUT2D eigenvalue weighted by Gasteiger charge is -2.34. The van der Waals surface area contributed by atoms with Crippen LogP contribution in [0.4, 0.5) is 0 Å². The van der Waals surface area contributed by atoms with Crippen molar-refractivity contribution in [3.63, 3.8) is 0 Å². The summed E-state index contributed by atoms with van der Waals surface area (Å²) in [5.41, 5.74) is 0.843. The molecule has 1 saturated heterocycles. The first kappa shape index (κ1) is 23.7. The second-order valence-electron chi connectivity index (χ2n) is 7.65. The molecule has 0 unspecified atom stereocenters. The molecule has 2 aromatic carbocycles. The lowest BCUT2D eigenvalue weighted by atomic mass is 10.0. The SMILES string of the molecule is COc1ccc(CNC(=O)C(=O)NCC[C@H]2CCCCN2S(=O)(=O)c2ccccc2)cc1. The van der Waals surface area contributed by atoms with Crippen LogP contribution in [0.3, 0.4) is 0 Å². The predicted octanol–water partition coefficient (Wildman–Crippen LogP) is 2.06. The zero-order valence-corrected chi connectivity index (χ0v) is 18.9. The molecule has 1 fully saturated rings. The monoisotopic (exact) mass is 459 g/mol. The molecule has 1 atom stereocenters. The van der Waals surface area contributed by atoms with Gasteiger partial charge in [-0.1, -0.05) is 36.8 Å². The van der Waals surface area contributed by atoms with Crippen LogP contribution in [0.2, 0.25) is 0 Å². The van der Waals surface area contributed by atoms with Crippen molar-refractivity contribution in [2.24, 2.45) is 0 Å². The zero-order chi connectivity index (χ0) is 23.0. The van der Waals surface area contributed by atoms with E-state index in [2.05, 4.69) is 10.6 Å². The zero-order valence-electron chi connectivity index (χ0n) is 18.1. The predicted molar refractivity (Wildman–Crippen MR) is 120 cm³/mol. The van der Waals surface area contributed by atoms with Crippen molar-refractivity contribution in [2.75, 3.05) is 20.2 Å². The van der Waals surface area contributed by atoms with E-state index < -0.39 is 21.8 Å². The van der Waals surface area contributed by atoms with Gasteiger partial charge in [-0.05, 0) is 49.1 Å². The summed E-state index contributed by atoms with van der Waals surface area (Å²) in [7, 11) is -2.02. The number of ether oxygens (including phenoxy) is 1. The minimum atomic E-state index is -3.59.